The van der Waals surface area contributed by atoms with E-state index in [1.54, 1.807) is 0 Å². The molecule has 1 aliphatic carbocycles. The zero-order valence-electron chi connectivity index (χ0n) is 8.53. The number of halogens is 2. The first-order chi connectivity index (χ1) is 6.81. The first-order valence-corrected chi connectivity index (χ1v) is 5.25. The highest BCUT2D eigenvalue weighted by Gasteiger charge is 2.24. The standard InChI is InChI=1S/C12H14ClN.ClH/c1-2-7-14(13)12-8-10-5-3-4-6-11(10)9-12;/h2-6,12H,1,7-9H2;1H. The lowest BCUT2D eigenvalue weighted by Crippen LogP contribution is -2.27. The highest BCUT2D eigenvalue weighted by Crippen LogP contribution is 2.26. The Hall–Kier alpha value is -0.500. The van der Waals surface area contributed by atoms with Gasteiger partial charge in [0.15, 0.2) is 0 Å². The van der Waals surface area contributed by atoms with Crippen molar-refractivity contribution in [2.24, 2.45) is 0 Å². The number of nitrogens with zero attached hydrogens (tertiary/aromatic N) is 1. The Morgan fingerprint density at radius 1 is 1.33 bits per heavy atom. The van der Waals surface area contributed by atoms with Crippen LogP contribution in [0.3, 0.4) is 0 Å². The molecule has 2 rings (SSSR count). The summed E-state index contributed by atoms with van der Waals surface area (Å²) in [7, 11) is 0. The fraction of sp³-hybridized carbons (Fsp3) is 0.333. The molecule has 0 fully saturated rings. The molecular formula is C12H15Cl2N. The molecule has 1 aromatic rings. The number of benzene rings is 1. The third-order valence-corrected chi connectivity index (χ3v) is 3.14. The molecule has 1 nitrogen and oxygen atoms in total. The summed E-state index contributed by atoms with van der Waals surface area (Å²) in [5.74, 6) is 0. The highest BCUT2D eigenvalue weighted by atomic mass is 35.5. The zero-order chi connectivity index (χ0) is 9.97. The maximum Gasteiger partial charge on any atom is 0.0336 e. The van der Waals surface area contributed by atoms with Crippen LogP contribution in [0.2, 0.25) is 0 Å². The molecule has 3 heteroatoms. The van der Waals surface area contributed by atoms with Gasteiger partial charge in [-0.3, -0.25) is 0 Å². The quantitative estimate of drug-likeness (QED) is 0.583. The first kappa shape index (κ1) is 12.6. The lowest BCUT2D eigenvalue weighted by atomic mass is 10.1. The van der Waals surface area contributed by atoms with Crippen molar-refractivity contribution in [2.45, 2.75) is 18.9 Å². The van der Waals surface area contributed by atoms with Crippen LogP contribution in [-0.4, -0.2) is 17.0 Å². The third kappa shape index (κ3) is 2.75. The van der Waals surface area contributed by atoms with Crippen molar-refractivity contribution in [1.29, 1.82) is 0 Å². The van der Waals surface area contributed by atoms with E-state index in [-0.39, 0.29) is 12.4 Å². The van der Waals surface area contributed by atoms with Crippen molar-refractivity contribution in [3.05, 3.63) is 48.0 Å². The van der Waals surface area contributed by atoms with Gasteiger partial charge in [-0.2, -0.15) is 0 Å². The molecule has 0 bridgehead atoms. The van der Waals surface area contributed by atoms with Gasteiger partial charge in [-0.05, 0) is 35.7 Å². The Labute approximate surface area is 102 Å². The molecule has 0 saturated heterocycles. The fourth-order valence-corrected chi connectivity index (χ4v) is 2.24. The Kier molecular flexibility index (Phi) is 4.65. The second-order valence-corrected chi connectivity index (χ2v) is 4.14. The maximum absolute atomic E-state index is 6.14. The molecule has 1 aromatic carbocycles. The zero-order valence-corrected chi connectivity index (χ0v) is 10.1. The molecule has 0 atom stereocenters. The van der Waals surface area contributed by atoms with E-state index in [0.29, 0.717) is 6.04 Å². The Balaban J connectivity index is 0.00000112. The van der Waals surface area contributed by atoms with Crippen LogP contribution in [0.25, 0.3) is 0 Å². The van der Waals surface area contributed by atoms with Crippen LogP contribution in [0.1, 0.15) is 11.1 Å². The van der Waals surface area contributed by atoms with Gasteiger partial charge in [-0.25, -0.2) is 4.42 Å². The van der Waals surface area contributed by atoms with Gasteiger partial charge in [0, 0.05) is 12.6 Å². The molecule has 82 valence electrons. The van der Waals surface area contributed by atoms with Crippen LogP contribution < -0.4 is 0 Å². The van der Waals surface area contributed by atoms with Crippen molar-refractivity contribution < 1.29 is 0 Å². The molecule has 0 unspecified atom stereocenters. The minimum atomic E-state index is 0. The monoisotopic (exact) mass is 243 g/mol. The normalized spacial score (nSPS) is 14.8. The van der Waals surface area contributed by atoms with Gasteiger partial charge >= 0.3 is 0 Å². The van der Waals surface area contributed by atoms with E-state index >= 15 is 0 Å². The Bertz CT molecular complexity index is 313. The molecule has 15 heavy (non-hydrogen) atoms. The first-order valence-electron chi connectivity index (χ1n) is 4.91. The highest BCUT2D eigenvalue weighted by molar-refractivity contribution is 6.13. The summed E-state index contributed by atoms with van der Waals surface area (Å²) in [5, 5.41) is 0. The van der Waals surface area contributed by atoms with Crippen molar-refractivity contribution >= 4 is 24.2 Å². The van der Waals surface area contributed by atoms with Crippen LogP contribution in [0, 0.1) is 0 Å². The molecule has 0 N–H and O–H groups in total. The second-order valence-electron chi connectivity index (χ2n) is 3.70. The van der Waals surface area contributed by atoms with Gasteiger partial charge in [0.25, 0.3) is 0 Å². The van der Waals surface area contributed by atoms with E-state index in [1.165, 1.54) is 11.1 Å². The average molecular weight is 244 g/mol. The van der Waals surface area contributed by atoms with Crippen LogP contribution >= 0.6 is 24.2 Å². The summed E-state index contributed by atoms with van der Waals surface area (Å²) < 4.78 is 1.85. The van der Waals surface area contributed by atoms with Crippen molar-refractivity contribution in [2.75, 3.05) is 6.54 Å². The van der Waals surface area contributed by atoms with E-state index in [2.05, 4.69) is 30.8 Å². The molecule has 0 aliphatic heterocycles. The van der Waals surface area contributed by atoms with E-state index in [1.807, 2.05) is 10.5 Å². The number of hydrogen-bond acceptors (Lipinski definition) is 1. The Morgan fingerprint density at radius 3 is 2.33 bits per heavy atom. The molecular weight excluding hydrogens is 229 g/mol. The third-order valence-electron chi connectivity index (χ3n) is 2.73. The SMILES string of the molecule is C=CCN(Cl)C1Cc2ccccc2C1.Cl. The largest absolute Gasteiger partial charge is 0.213 e. The van der Waals surface area contributed by atoms with E-state index < -0.39 is 0 Å². The number of rotatable bonds is 3. The molecule has 0 radical (unpaired) electrons. The number of hydrogen-bond donors (Lipinski definition) is 0. The van der Waals surface area contributed by atoms with Gasteiger partial charge in [0.2, 0.25) is 0 Å². The van der Waals surface area contributed by atoms with E-state index in [4.69, 9.17) is 11.8 Å². The topological polar surface area (TPSA) is 3.24 Å². The van der Waals surface area contributed by atoms with Crippen LogP contribution in [0.5, 0.6) is 0 Å². The van der Waals surface area contributed by atoms with Crippen LogP contribution in [-0.2, 0) is 12.8 Å². The minimum Gasteiger partial charge on any atom is -0.213 e. The summed E-state index contributed by atoms with van der Waals surface area (Å²) >= 11 is 6.14. The fourth-order valence-electron chi connectivity index (χ4n) is 2.01. The summed E-state index contributed by atoms with van der Waals surface area (Å²) in [6.45, 7) is 4.45. The smallest absolute Gasteiger partial charge is 0.0336 e. The molecule has 0 spiro atoms. The van der Waals surface area contributed by atoms with Gasteiger partial charge in [-0.1, -0.05) is 30.3 Å². The van der Waals surface area contributed by atoms with E-state index in [0.717, 1.165) is 19.4 Å². The van der Waals surface area contributed by atoms with Crippen molar-refractivity contribution in [1.82, 2.24) is 4.42 Å². The van der Waals surface area contributed by atoms with Gasteiger partial charge in [0.05, 0.1) is 0 Å². The second kappa shape index (κ2) is 5.55. The summed E-state index contributed by atoms with van der Waals surface area (Å²) in [6, 6.07) is 9.00. The van der Waals surface area contributed by atoms with Crippen molar-refractivity contribution in [3.63, 3.8) is 0 Å². The predicted molar refractivity (Wildman–Crippen MR) is 67.6 cm³/mol. The molecule has 0 heterocycles. The molecule has 0 saturated carbocycles. The predicted octanol–water partition coefficient (Wildman–Crippen LogP) is 3.22. The van der Waals surface area contributed by atoms with Gasteiger partial charge < -0.3 is 0 Å². The maximum atomic E-state index is 6.14. The lowest BCUT2D eigenvalue weighted by molar-refractivity contribution is 0.378. The lowest BCUT2D eigenvalue weighted by Gasteiger charge is -2.18. The Morgan fingerprint density at radius 2 is 1.87 bits per heavy atom. The average Bonchev–Trinajstić information content (AvgIpc) is 2.61. The minimum absolute atomic E-state index is 0. The van der Waals surface area contributed by atoms with Crippen LogP contribution in [0.15, 0.2) is 36.9 Å². The molecule has 1 aliphatic rings. The summed E-state index contributed by atoms with van der Waals surface area (Å²) in [6.07, 6.45) is 3.97. The summed E-state index contributed by atoms with van der Waals surface area (Å²) in [5.41, 5.74) is 2.87. The van der Waals surface area contributed by atoms with E-state index in [9.17, 15) is 0 Å². The van der Waals surface area contributed by atoms with Gasteiger partial charge in [-0.15, -0.1) is 19.0 Å². The summed E-state index contributed by atoms with van der Waals surface area (Å²) in [4.78, 5) is 0. The van der Waals surface area contributed by atoms with Crippen molar-refractivity contribution in [3.8, 4) is 0 Å². The molecule has 0 aromatic heterocycles. The number of fused-ring (bicyclic) bond motifs is 1. The van der Waals surface area contributed by atoms with Gasteiger partial charge in [0.1, 0.15) is 0 Å². The molecule has 0 amide bonds. The van der Waals surface area contributed by atoms with Crippen LogP contribution in [0.4, 0.5) is 0 Å².